The van der Waals surface area contributed by atoms with E-state index < -0.39 is 0 Å². The molecule has 0 aliphatic rings. The second-order valence-electron chi connectivity index (χ2n) is 4.40. The Morgan fingerprint density at radius 2 is 1.95 bits per heavy atom. The summed E-state index contributed by atoms with van der Waals surface area (Å²) < 4.78 is 5.72. The Morgan fingerprint density at radius 1 is 1.18 bits per heavy atom. The van der Waals surface area contributed by atoms with E-state index in [1.165, 1.54) is 7.11 Å². The van der Waals surface area contributed by atoms with Crippen LogP contribution < -0.4 is 4.74 Å². The van der Waals surface area contributed by atoms with Crippen LogP contribution >= 0.6 is 23.2 Å². The Hall–Kier alpha value is -1.75. The Morgan fingerprint density at radius 3 is 2.68 bits per heavy atom. The van der Waals surface area contributed by atoms with Gasteiger partial charge in [-0.25, -0.2) is 0 Å². The summed E-state index contributed by atoms with van der Waals surface area (Å²) in [5.41, 5.74) is 2.03. The highest BCUT2D eigenvalue weighted by Gasteiger charge is 2.11. The third-order valence-corrected chi connectivity index (χ3v) is 3.50. The second-order valence-corrected chi connectivity index (χ2v) is 5.24. The van der Waals surface area contributed by atoms with Crippen LogP contribution in [0.2, 0.25) is 10.0 Å². The van der Waals surface area contributed by atoms with Gasteiger partial charge in [-0.05, 0) is 17.7 Å². The second kappa shape index (κ2) is 8.03. The van der Waals surface area contributed by atoms with Crippen molar-refractivity contribution in [1.82, 2.24) is 0 Å². The summed E-state index contributed by atoms with van der Waals surface area (Å²) in [5.74, 6) is 0.498. The fourth-order valence-corrected chi connectivity index (χ4v) is 2.28. The summed E-state index contributed by atoms with van der Waals surface area (Å²) in [5, 5.41) is 14.3. The summed E-state index contributed by atoms with van der Waals surface area (Å²) in [7, 11) is 1.43. The molecule has 0 atom stereocenters. The van der Waals surface area contributed by atoms with Gasteiger partial charge in [0.05, 0.1) is 11.6 Å². The van der Waals surface area contributed by atoms with Crippen molar-refractivity contribution in [2.45, 2.75) is 6.61 Å². The van der Waals surface area contributed by atoms with Gasteiger partial charge in [-0.3, -0.25) is 0 Å². The predicted molar refractivity (Wildman–Crippen MR) is 87.9 cm³/mol. The molecule has 116 valence electrons. The minimum atomic E-state index is -0.233. The van der Waals surface area contributed by atoms with Crippen LogP contribution in [0.1, 0.15) is 11.1 Å². The van der Waals surface area contributed by atoms with Gasteiger partial charge in [0.25, 0.3) is 0 Å². The summed E-state index contributed by atoms with van der Waals surface area (Å²) >= 11 is 12.0. The molecule has 22 heavy (non-hydrogen) atoms. The minimum absolute atomic E-state index is 0.233. The van der Waals surface area contributed by atoms with Crippen molar-refractivity contribution in [3.05, 3.63) is 63.6 Å². The summed E-state index contributed by atoms with van der Waals surface area (Å²) in [4.78, 5) is 4.75. The Bertz CT molecular complexity index is 674. The van der Waals surface area contributed by atoms with Gasteiger partial charge in [-0.2, -0.15) is 0 Å². The van der Waals surface area contributed by atoms with Gasteiger partial charge >= 0.3 is 0 Å². The number of ether oxygens (including phenoxy) is 1. The molecule has 1 N–H and O–H groups in total. The monoisotopic (exact) mass is 339 g/mol. The number of nitrogens with zero attached hydrogens (tertiary/aromatic N) is 1. The van der Waals surface area contributed by atoms with Gasteiger partial charge in [0.2, 0.25) is 0 Å². The lowest BCUT2D eigenvalue weighted by molar-refractivity contribution is 0.209. The molecule has 2 rings (SSSR count). The molecule has 4 nitrogen and oxygen atoms in total. The van der Waals surface area contributed by atoms with Crippen molar-refractivity contribution in [3.63, 3.8) is 0 Å². The Labute approximate surface area is 138 Å². The number of halogens is 2. The topological polar surface area (TPSA) is 51.0 Å². The van der Waals surface area contributed by atoms with Crippen molar-refractivity contribution >= 4 is 28.9 Å². The van der Waals surface area contributed by atoms with Crippen LogP contribution in [-0.2, 0) is 11.4 Å². The molecular weight excluding hydrogens is 325 g/mol. The molecular formula is C16H15Cl2NO3. The molecule has 0 radical (unpaired) electrons. The van der Waals surface area contributed by atoms with Gasteiger partial charge in [0, 0.05) is 16.7 Å². The zero-order chi connectivity index (χ0) is 15.9. The van der Waals surface area contributed by atoms with Gasteiger partial charge in [0.1, 0.15) is 25.2 Å². The van der Waals surface area contributed by atoms with Gasteiger partial charge < -0.3 is 14.7 Å². The molecule has 0 fully saturated rings. The fourth-order valence-electron chi connectivity index (χ4n) is 1.94. The van der Waals surface area contributed by atoms with E-state index in [1.807, 2.05) is 24.3 Å². The molecule has 0 saturated heterocycles. The van der Waals surface area contributed by atoms with Crippen LogP contribution in [0.15, 0.2) is 47.6 Å². The molecule has 0 bridgehead atoms. The summed E-state index contributed by atoms with van der Waals surface area (Å²) in [6.45, 7) is 0.0295. The summed E-state index contributed by atoms with van der Waals surface area (Å²) in [6, 6.07) is 12.5. The number of aliphatic hydroxyl groups excluding tert-OH is 1. The standard InChI is InChI=1S/C16H15Cl2NO3/c1-21-19-15(9-20)13-5-3-2-4-11(13)10-22-16-8-12(17)6-7-14(16)18/h2-8,20H,9-10H2,1H3. The molecule has 2 aromatic carbocycles. The van der Waals surface area contributed by atoms with Gasteiger partial charge in [-0.1, -0.05) is 52.6 Å². The van der Waals surface area contributed by atoms with E-state index in [0.29, 0.717) is 21.5 Å². The summed E-state index contributed by atoms with van der Waals surface area (Å²) in [6.07, 6.45) is 0. The zero-order valence-corrected chi connectivity index (χ0v) is 13.4. The van der Waals surface area contributed by atoms with Crippen LogP contribution in [0.25, 0.3) is 0 Å². The number of hydrogen-bond acceptors (Lipinski definition) is 4. The number of hydrogen-bond donors (Lipinski definition) is 1. The first-order valence-electron chi connectivity index (χ1n) is 6.52. The minimum Gasteiger partial charge on any atom is -0.487 e. The lowest BCUT2D eigenvalue weighted by Gasteiger charge is -2.12. The highest BCUT2D eigenvalue weighted by molar-refractivity contribution is 6.34. The highest BCUT2D eigenvalue weighted by atomic mass is 35.5. The van der Waals surface area contributed by atoms with Gasteiger partial charge in [0.15, 0.2) is 0 Å². The highest BCUT2D eigenvalue weighted by Crippen LogP contribution is 2.28. The Balaban J connectivity index is 2.23. The maximum absolute atomic E-state index is 9.41. The molecule has 6 heteroatoms. The van der Waals surface area contributed by atoms with Crippen LogP contribution in [0.5, 0.6) is 5.75 Å². The normalized spacial score (nSPS) is 11.4. The lowest BCUT2D eigenvalue weighted by Crippen LogP contribution is -2.11. The van der Waals surface area contributed by atoms with E-state index in [-0.39, 0.29) is 13.2 Å². The number of aliphatic hydroxyl groups is 1. The van der Waals surface area contributed by atoms with Crippen molar-refractivity contribution in [1.29, 1.82) is 0 Å². The van der Waals surface area contributed by atoms with E-state index in [2.05, 4.69) is 5.16 Å². The predicted octanol–water partition coefficient (Wildman–Crippen LogP) is 3.92. The molecule has 0 saturated carbocycles. The quantitative estimate of drug-likeness (QED) is 0.641. The van der Waals surface area contributed by atoms with Crippen molar-refractivity contribution in [2.24, 2.45) is 5.16 Å². The average molecular weight is 340 g/mol. The van der Waals surface area contributed by atoms with Crippen LogP contribution in [0.4, 0.5) is 0 Å². The lowest BCUT2D eigenvalue weighted by atomic mass is 10.0. The van der Waals surface area contributed by atoms with Crippen LogP contribution in [0, 0.1) is 0 Å². The van der Waals surface area contributed by atoms with Crippen LogP contribution in [0.3, 0.4) is 0 Å². The molecule has 0 aromatic heterocycles. The molecule has 0 heterocycles. The van der Waals surface area contributed by atoms with E-state index in [1.54, 1.807) is 18.2 Å². The van der Waals surface area contributed by atoms with Crippen molar-refractivity contribution in [3.8, 4) is 5.75 Å². The molecule has 2 aromatic rings. The number of oxime groups is 1. The number of rotatable bonds is 6. The van der Waals surface area contributed by atoms with Crippen molar-refractivity contribution in [2.75, 3.05) is 13.7 Å². The average Bonchev–Trinajstić information content (AvgIpc) is 2.54. The number of benzene rings is 2. The third-order valence-electron chi connectivity index (χ3n) is 2.96. The van der Waals surface area contributed by atoms with Gasteiger partial charge in [-0.15, -0.1) is 0 Å². The smallest absolute Gasteiger partial charge is 0.139 e. The van der Waals surface area contributed by atoms with Crippen molar-refractivity contribution < 1.29 is 14.7 Å². The largest absolute Gasteiger partial charge is 0.487 e. The maximum Gasteiger partial charge on any atom is 0.139 e. The molecule has 0 spiro atoms. The van der Waals surface area contributed by atoms with Crippen LogP contribution in [-0.4, -0.2) is 24.5 Å². The van der Waals surface area contributed by atoms with E-state index >= 15 is 0 Å². The Kier molecular flexibility index (Phi) is 6.07. The third kappa shape index (κ3) is 4.13. The van der Waals surface area contributed by atoms with E-state index in [4.69, 9.17) is 32.8 Å². The SMILES string of the molecule is CON=C(CO)c1ccccc1COc1cc(Cl)ccc1Cl. The van der Waals surface area contributed by atoms with E-state index in [0.717, 1.165) is 11.1 Å². The first-order valence-corrected chi connectivity index (χ1v) is 7.28. The first-order chi connectivity index (χ1) is 10.7. The maximum atomic E-state index is 9.41. The molecule has 0 aliphatic heterocycles. The molecule has 0 unspecified atom stereocenters. The molecule has 0 aliphatic carbocycles. The van der Waals surface area contributed by atoms with E-state index in [9.17, 15) is 5.11 Å². The fraction of sp³-hybridized carbons (Fsp3) is 0.188. The zero-order valence-electron chi connectivity index (χ0n) is 11.9. The molecule has 0 amide bonds. The first kappa shape index (κ1) is 16.6.